The Morgan fingerprint density at radius 2 is 0.458 bits per heavy atom. The van der Waals surface area contributed by atoms with Crippen LogP contribution in [0.3, 0.4) is 0 Å². The highest BCUT2D eigenvalue weighted by Gasteiger charge is 2.23. The maximum Gasteiger partial charge on any atom is 0.0645 e. The van der Waals surface area contributed by atoms with Crippen LogP contribution in [0.5, 0.6) is 0 Å². The summed E-state index contributed by atoms with van der Waals surface area (Å²) in [6, 6.07) is 149. The number of pyridine rings is 1. The number of hydrogen-bond acceptors (Lipinski definition) is 1. The third-order valence-corrected chi connectivity index (χ3v) is 24.8. The van der Waals surface area contributed by atoms with E-state index < -0.39 is 0 Å². The molecule has 120 heavy (non-hydrogen) atoms. The van der Waals surface area contributed by atoms with Gasteiger partial charge in [0, 0.05) is 115 Å². The average Bonchev–Trinajstić information content (AvgIpc) is 1.56. The number of benzene rings is 19. The summed E-state index contributed by atoms with van der Waals surface area (Å²) in [6.07, 6.45) is 3.77. The maximum absolute atomic E-state index is 4.43. The molecule has 7 heterocycles. The molecule has 7 nitrogen and oxygen atoms in total. The molecule has 0 aliphatic heterocycles. The van der Waals surface area contributed by atoms with Crippen molar-refractivity contribution in [2.45, 2.75) is 0 Å². The van der Waals surface area contributed by atoms with Crippen molar-refractivity contribution in [3.8, 4) is 72.7 Å². The van der Waals surface area contributed by atoms with Crippen molar-refractivity contribution in [2.75, 3.05) is 0 Å². The second kappa shape index (κ2) is 27.8. The number of nitrogens with one attached hydrogen (secondary N) is 3. The van der Waals surface area contributed by atoms with Crippen LogP contribution in [0.15, 0.2) is 425 Å². The smallest absolute Gasteiger partial charge is 0.0645 e. The third kappa shape index (κ3) is 11.1. The van der Waals surface area contributed by atoms with E-state index in [9.17, 15) is 0 Å². The van der Waals surface area contributed by atoms with E-state index in [1.165, 1.54) is 225 Å². The van der Waals surface area contributed by atoms with Gasteiger partial charge in [-0.3, -0.25) is 4.98 Å². The third-order valence-electron chi connectivity index (χ3n) is 24.8. The zero-order valence-corrected chi connectivity index (χ0v) is 65.2. The van der Waals surface area contributed by atoms with Crippen LogP contribution >= 0.6 is 0 Å². The van der Waals surface area contributed by atoms with E-state index in [1.807, 2.05) is 18.5 Å². The predicted molar refractivity (Wildman–Crippen MR) is 508 cm³/mol. The van der Waals surface area contributed by atoms with Crippen molar-refractivity contribution >= 4 is 163 Å². The summed E-state index contributed by atoms with van der Waals surface area (Å²) < 4.78 is 7.17. The Hall–Kier alpha value is -16.1. The molecular formula is C113H73N7. The first-order chi connectivity index (χ1) is 59.5. The van der Waals surface area contributed by atoms with E-state index >= 15 is 0 Å². The first-order valence-corrected chi connectivity index (χ1v) is 41.1. The molecule has 0 saturated carbocycles. The lowest BCUT2D eigenvalue weighted by Gasteiger charge is -2.13. The minimum absolute atomic E-state index is 1.07. The van der Waals surface area contributed by atoms with Gasteiger partial charge < -0.3 is 28.7 Å². The first kappa shape index (κ1) is 68.3. The molecule has 0 aliphatic carbocycles. The summed E-state index contributed by atoms with van der Waals surface area (Å²) in [5.74, 6) is 0. The van der Waals surface area contributed by atoms with Gasteiger partial charge in [0.1, 0.15) is 0 Å². The molecule has 26 aromatic rings. The van der Waals surface area contributed by atoms with Crippen molar-refractivity contribution in [2.24, 2.45) is 0 Å². The largest absolute Gasteiger partial charge is 0.355 e. The van der Waals surface area contributed by atoms with Gasteiger partial charge in [-0.25, -0.2) is 0 Å². The Morgan fingerprint density at radius 1 is 0.167 bits per heavy atom. The Bertz CT molecular complexity index is 8590. The number of nitrogens with zero attached hydrogens (tertiary/aromatic N) is 4. The summed E-state index contributed by atoms with van der Waals surface area (Å²) >= 11 is 0. The molecule has 0 fully saturated rings. The highest BCUT2D eigenvalue weighted by atomic mass is 15.0. The normalized spacial score (nSPS) is 11.8. The van der Waals surface area contributed by atoms with E-state index in [1.54, 1.807) is 0 Å². The highest BCUT2D eigenvalue weighted by Crippen LogP contribution is 2.47. The monoisotopic (exact) mass is 1530 g/mol. The number of para-hydroxylation sites is 8. The molecule has 0 aliphatic rings. The lowest BCUT2D eigenvalue weighted by atomic mass is 9.92. The van der Waals surface area contributed by atoms with Crippen LogP contribution in [0.1, 0.15) is 0 Å². The van der Waals surface area contributed by atoms with Crippen LogP contribution in [0.2, 0.25) is 0 Å². The standard InChI is InChI=1S/2C40H26N2.C33H21N3/c1-2-13-29(14-3-1)42-38-20-9-7-18-33(38)40-32-17-5-4-15-30(32)34(25-39(40)42)28-12-10-11-26(23-28)27-21-22-37-35(24-27)31-16-6-8-19-36(31)41-37;1-2-10-29(11-3-1)42-38-17-9-7-15-33(38)40-32-14-5-4-12-30(32)34(25-39(40)42)27-20-18-26(19-21-27)28-22-23-37-35(24-28)31-13-6-8-16-36(31)41-37;1-2-11-25-23(9-1)27(21-15-16-30-28(18-21)24-10-3-5-13-29(24)35-30)19-32-33(25)26-12-4-6-14-31(26)36(32)22-8-7-17-34-20-22/h2*1-25,41H;1-20,35H. The summed E-state index contributed by atoms with van der Waals surface area (Å²) in [4.78, 5) is 15.1. The van der Waals surface area contributed by atoms with Crippen molar-refractivity contribution in [3.05, 3.63) is 425 Å². The van der Waals surface area contributed by atoms with E-state index in [0.29, 0.717) is 0 Å². The van der Waals surface area contributed by atoms with Crippen LogP contribution in [0.25, 0.3) is 236 Å². The fourth-order valence-electron chi connectivity index (χ4n) is 19.5. The van der Waals surface area contributed by atoms with Crippen molar-refractivity contribution < 1.29 is 0 Å². The lowest BCUT2D eigenvalue weighted by Crippen LogP contribution is -1.94. The molecule has 0 radical (unpaired) electrons. The van der Waals surface area contributed by atoms with Crippen LogP contribution in [-0.2, 0) is 0 Å². The highest BCUT2D eigenvalue weighted by molar-refractivity contribution is 6.28. The van der Waals surface area contributed by atoms with Gasteiger partial charge in [-0.2, -0.15) is 0 Å². The molecule has 19 aromatic carbocycles. The Balaban J connectivity index is 0.000000103. The molecule has 0 spiro atoms. The van der Waals surface area contributed by atoms with Gasteiger partial charge in [0.2, 0.25) is 0 Å². The molecule has 7 aromatic heterocycles. The molecule has 560 valence electrons. The van der Waals surface area contributed by atoms with E-state index in [2.05, 4.69) is 440 Å². The number of aromatic amines is 3. The molecule has 0 amide bonds. The Labute approximate surface area is 689 Å². The topological polar surface area (TPSA) is 75.0 Å². The fourth-order valence-corrected chi connectivity index (χ4v) is 19.5. The predicted octanol–water partition coefficient (Wildman–Crippen LogP) is 30.4. The van der Waals surface area contributed by atoms with Crippen LogP contribution in [0, 0.1) is 0 Å². The summed E-state index contributed by atoms with van der Waals surface area (Å²) in [6.45, 7) is 0. The zero-order valence-electron chi connectivity index (χ0n) is 65.2. The van der Waals surface area contributed by atoms with Gasteiger partial charge in [-0.1, -0.05) is 279 Å². The van der Waals surface area contributed by atoms with Gasteiger partial charge in [0.05, 0.1) is 45.0 Å². The molecule has 0 bridgehead atoms. The number of rotatable bonds is 8. The van der Waals surface area contributed by atoms with Crippen molar-refractivity contribution in [3.63, 3.8) is 0 Å². The number of fused-ring (bicyclic) bond motifs is 24. The summed E-state index contributed by atoms with van der Waals surface area (Å²) in [5.41, 5.74) is 30.0. The molecule has 7 heteroatoms. The summed E-state index contributed by atoms with van der Waals surface area (Å²) in [5, 5.41) is 22.9. The van der Waals surface area contributed by atoms with Crippen LogP contribution in [0.4, 0.5) is 0 Å². The molecule has 26 rings (SSSR count). The van der Waals surface area contributed by atoms with E-state index in [0.717, 1.165) is 11.2 Å². The molecule has 0 saturated heterocycles. The molecular weight excluding hydrogens is 1460 g/mol. The lowest BCUT2D eigenvalue weighted by molar-refractivity contribution is 1.14. The van der Waals surface area contributed by atoms with Crippen molar-refractivity contribution in [1.29, 1.82) is 0 Å². The second-order valence-electron chi connectivity index (χ2n) is 31.5. The molecule has 3 N–H and O–H groups in total. The SMILES string of the molecule is c1ccc(-n2c3ccccc3c3c4ccccc4c(-c4ccc(-c5ccc6[nH]c7ccccc7c6c5)cc4)cc32)cc1.c1ccc(-n2c3ccccc3c3c4ccccc4c(-c4cccc(-c5ccc6[nH]c7ccccc7c6c5)c4)cc32)cc1.c1cncc(-n2c3ccccc3c3c4ccccc4c(-c4ccc5[nH]c6ccccc6c5c4)cc32)c1. The van der Waals surface area contributed by atoms with E-state index in [4.69, 9.17) is 0 Å². The first-order valence-electron chi connectivity index (χ1n) is 41.1. The van der Waals surface area contributed by atoms with Gasteiger partial charge in [-0.15, -0.1) is 0 Å². The minimum atomic E-state index is 1.07. The number of hydrogen-bond donors (Lipinski definition) is 3. The zero-order chi connectivity index (χ0) is 78.9. The summed E-state index contributed by atoms with van der Waals surface area (Å²) in [7, 11) is 0. The quantitative estimate of drug-likeness (QED) is 0.139. The fraction of sp³-hybridized carbons (Fsp3) is 0. The minimum Gasteiger partial charge on any atom is -0.355 e. The van der Waals surface area contributed by atoms with Crippen LogP contribution in [-0.4, -0.2) is 33.6 Å². The number of aromatic nitrogens is 7. The average molecular weight is 1530 g/mol. The van der Waals surface area contributed by atoms with Gasteiger partial charge >= 0.3 is 0 Å². The molecule has 0 atom stereocenters. The molecule has 0 unspecified atom stereocenters. The van der Waals surface area contributed by atoms with Crippen LogP contribution < -0.4 is 0 Å². The number of H-pyrrole nitrogens is 3. The second-order valence-corrected chi connectivity index (χ2v) is 31.5. The van der Waals surface area contributed by atoms with Gasteiger partial charge in [-0.05, 0) is 221 Å². The van der Waals surface area contributed by atoms with Gasteiger partial charge in [0.15, 0.2) is 0 Å². The van der Waals surface area contributed by atoms with E-state index in [-0.39, 0.29) is 0 Å². The Kier molecular flexibility index (Phi) is 15.9. The van der Waals surface area contributed by atoms with Gasteiger partial charge in [0.25, 0.3) is 0 Å². The van der Waals surface area contributed by atoms with Crippen molar-refractivity contribution in [1.82, 2.24) is 33.6 Å². The maximum atomic E-state index is 4.43. The Morgan fingerprint density at radius 3 is 0.883 bits per heavy atom.